The summed E-state index contributed by atoms with van der Waals surface area (Å²) >= 11 is 3.34. The molecule has 0 atom stereocenters. The molecule has 0 bridgehead atoms. The Morgan fingerprint density at radius 1 is 1.03 bits per heavy atom. The normalized spacial score (nSPS) is 16.2. The number of hydrogen-bond donors (Lipinski definition) is 1. The van der Waals surface area contributed by atoms with Crippen LogP contribution in [-0.2, 0) is 16.6 Å². The van der Waals surface area contributed by atoms with Crippen LogP contribution in [0.2, 0.25) is 0 Å². The Bertz CT molecular complexity index is 1240. The van der Waals surface area contributed by atoms with E-state index in [1.54, 1.807) is 34.6 Å². The number of nitrogens with one attached hydrogen (secondary N) is 1. The first-order valence-corrected chi connectivity index (χ1v) is 12.1. The Kier molecular flexibility index (Phi) is 5.85. The van der Waals surface area contributed by atoms with Gasteiger partial charge < -0.3 is 9.32 Å². The molecule has 1 saturated heterocycles. The van der Waals surface area contributed by atoms with E-state index in [2.05, 4.69) is 22.0 Å². The van der Waals surface area contributed by atoms with E-state index in [9.17, 15) is 13.2 Å². The number of rotatable bonds is 4. The monoisotopic (exact) mass is 491 g/mol. The maximum Gasteiger partial charge on any atom is 0.336 e. The molecule has 158 valence electrons. The molecule has 0 aliphatic carbocycles. The molecule has 1 aliphatic rings. The van der Waals surface area contributed by atoms with E-state index in [-0.39, 0.29) is 5.63 Å². The average Bonchev–Trinajstić information content (AvgIpc) is 2.70. The minimum absolute atomic E-state index is 0.312. The van der Waals surface area contributed by atoms with Crippen molar-refractivity contribution in [3.63, 3.8) is 0 Å². The number of hydrogen-bond acceptors (Lipinski definition) is 4. The van der Waals surface area contributed by atoms with E-state index in [0.29, 0.717) is 43.2 Å². The maximum atomic E-state index is 12.9. The lowest BCUT2D eigenvalue weighted by atomic mass is 10.0. The van der Waals surface area contributed by atoms with E-state index >= 15 is 0 Å². The zero-order chi connectivity index (χ0) is 21.5. The van der Waals surface area contributed by atoms with E-state index < -0.39 is 10.0 Å². The van der Waals surface area contributed by atoms with Gasteiger partial charge in [-0.25, -0.2) is 13.2 Å². The number of aryl methyl sites for hydroxylation is 2. The standard InChI is InChI=1S/C22H23BrN2O4S/c1-15-11-20-17(13-22(26)29-21(20)12-16(15)2)14-24-7-9-25(10-8-24)30(27,28)19-5-3-18(23)4-6-19/h3-6,11-13H,7-10,14H2,1-2H3/p+1. The van der Waals surface area contributed by atoms with E-state index in [4.69, 9.17) is 4.42 Å². The number of benzene rings is 2. The van der Waals surface area contributed by atoms with Crippen LogP contribution in [0.25, 0.3) is 11.0 Å². The van der Waals surface area contributed by atoms with E-state index in [1.165, 1.54) is 4.90 Å². The number of quaternary nitrogens is 1. The second kappa shape index (κ2) is 8.26. The predicted molar refractivity (Wildman–Crippen MR) is 119 cm³/mol. The Balaban J connectivity index is 1.51. The molecule has 1 aliphatic heterocycles. The van der Waals surface area contributed by atoms with Crippen LogP contribution in [0.5, 0.6) is 0 Å². The van der Waals surface area contributed by atoms with Crippen molar-refractivity contribution in [2.45, 2.75) is 25.3 Å². The minimum Gasteiger partial charge on any atom is -0.423 e. The summed E-state index contributed by atoms with van der Waals surface area (Å²) in [5.74, 6) is 0. The van der Waals surface area contributed by atoms with Crippen LogP contribution < -0.4 is 10.5 Å². The quantitative estimate of drug-likeness (QED) is 0.568. The third-order valence-electron chi connectivity index (χ3n) is 5.77. The second-order valence-corrected chi connectivity index (χ2v) is 10.7. The van der Waals surface area contributed by atoms with Crippen LogP contribution in [0, 0.1) is 13.8 Å². The van der Waals surface area contributed by atoms with Crippen LogP contribution in [0.15, 0.2) is 61.0 Å². The number of nitrogens with zero attached hydrogens (tertiary/aromatic N) is 1. The number of piperazine rings is 1. The van der Waals surface area contributed by atoms with Crippen molar-refractivity contribution in [2.24, 2.45) is 0 Å². The largest absolute Gasteiger partial charge is 0.423 e. The molecule has 2 heterocycles. The molecular weight excluding hydrogens is 468 g/mol. The molecule has 30 heavy (non-hydrogen) atoms. The van der Waals surface area contributed by atoms with E-state index in [1.807, 2.05) is 19.9 Å². The van der Waals surface area contributed by atoms with Gasteiger partial charge in [0.05, 0.1) is 31.1 Å². The number of sulfonamides is 1. The molecule has 1 fully saturated rings. The molecule has 0 spiro atoms. The summed E-state index contributed by atoms with van der Waals surface area (Å²) in [4.78, 5) is 13.6. The van der Waals surface area contributed by atoms with Gasteiger partial charge in [-0.15, -0.1) is 0 Å². The predicted octanol–water partition coefficient (Wildman–Crippen LogP) is 2.26. The molecule has 1 N–H and O–H groups in total. The second-order valence-electron chi connectivity index (χ2n) is 7.81. The average molecular weight is 492 g/mol. The van der Waals surface area contributed by atoms with Gasteiger partial charge in [-0.1, -0.05) is 15.9 Å². The molecule has 0 radical (unpaired) electrons. The fraction of sp³-hybridized carbons (Fsp3) is 0.318. The van der Waals surface area contributed by atoms with Crippen LogP contribution in [0.4, 0.5) is 0 Å². The molecule has 8 heteroatoms. The fourth-order valence-corrected chi connectivity index (χ4v) is 5.58. The Morgan fingerprint density at radius 3 is 2.33 bits per heavy atom. The Morgan fingerprint density at radius 2 is 1.67 bits per heavy atom. The summed E-state index contributed by atoms with van der Waals surface area (Å²) < 4.78 is 33.6. The molecule has 0 amide bonds. The van der Waals surface area contributed by atoms with E-state index in [0.717, 1.165) is 26.5 Å². The van der Waals surface area contributed by atoms with Crippen molar-refractivity contribution in [3.05, 3.63) is 74.0 Å². The van der Waals surface area contributed by atoms with Gasteiger partial charge >= 0.3 is 5.63 Å². The molecule has 0 saturated carbocycles. The van der Waals surface area contributed by atoms with Gasteiger partial charge in [0, 0.05) is 21.5 Å². The minimum atomic E-state index is -3.49. The third kappa shape index (κ3) is 4.23. The van der Waals surface area contributed by atoms with Crippen molar-refractivity contribution < 1.29 is 17.7 Å². The molecule has 6 nitrogen and oxygen atoms in total. The van der Waals surface area contributed by atoms with Gasteiger partial charge in [-0.05, 0) is 61.4 Å². The van der Waals surface area contributed by atoms with Crippen LogP contribution in [0.3, 0.4) is 0 Å². The van der Waals surface area contributed by atoms with Gasteiger partial charge in [0.1, 0.15) is 12.1 Å². The molecular formula is C22H24BrN2O4S+. The summed E-state index contributed by atoms with van der Waals surface area (Å²) in [7, 11) is -3.49. The van der Waals surface area contributed by atoms with Crippen LogP contribution in [-0.4, -0.2) is 38.9 Å². The highest BCUT2D eigenvalue weighted by molar-refractivity contribution is 9.10. The zero-order valence-corrected chi connectivity index (χ0v) is 19.3. The lowest BCUT2D eigenvalue weighted by Gasteiger charge is -2.31. The maximum absolute atomic E-state index is 12.9. The van der Waals surface area contributed by atoms with Crippen LogP contribution >= 0.6 is 15.9 Å². The summed E-state index contributed by atoms with van der Waals surface area (Å²) in [6.45, 7) is 6.97. The van der Waals surface area contributed by atoms with Crippen molar-refractivity contribution in [2.75, 3.05) is 26.2 Å². The first-order valence-electron chi connectivity index (χ1n) is 9.87. The van der Waals surface area contributed by atoms with Gasteiger partial charge in [-0.2, -0.15) is 4.31 Å². The van der Waals surface area contributed by atoms with Crippen LogP contribution in [0.1, 0.15) is 16.7 Å². The van der Waals surface area contributed by atoms with Gasteiger partial charge in [0.25, 0.3) is 0 Å². The molecule has 4 rings (SSSR count). The summed E-state index contributed by atoms with van der Waals surface area (Å²) in [6, 6.07) is 12.3. The summed E-state index contributed by atoms with van der Waals surface area (Å²) in [6.07, 6.45) is 0. The Labute approximate surface area is 184 Å². The first kappa shape index (κ1) is 21.2. The lowest BCUT2D eigenvalue weighted by Crippen LogP contribution is -3.13. The van der Waals surface area contributed by atoms with Gasteiger partial charge in [0.15, 0.2) is 0 Å². The number of fused-ring (bicyclic) bond motifs is 1. The number of halogens is 1. The van der Waals surface area contributed by atoms with Gasteiger partial charge in [-0.3, -0.25) is 0 Å². The fourth-order valence-electron chi connectivity index (χ4n) is 3.87. The zero-order valence-electron chi connectivity index (χ0n) is 16.9. The Hall–Kier alpha value is -2.00. The SMILES string of the molecule is Cc1cc2oc(=O)cc(C[NH+]3CCN(S(=O)(=O)c4ccc(Br)cc4)CC3)c2cc1C. The molecule has 2 aromatic carbocycles. The molecule has 1 aromatic heterocycles. The first-order chi connectivity index (χ1) is 14.2. The molecule has 0 unspecified atom stereocenters. The van der Waals surface area contributed by atoms with Crippen molar-refractivity contribution in [1.29, 1.82) is 0 Å². The lowest BCUT2D eigenvalue weighted by molar-refractivity contribution is -0.917. The highest BCUT2D eigenvalue weighted by Crippen LogP contribution is 2.22. The summed E-state index contributed by atoms with van der Waals surface area (Å²) in [5.41, 5.74) is 3.44. The summed E-state index contributed by atoms with van der Waals surface area (Å²) in [5, 5.41) is 0.954. The highest BCUT2D eigenvalue weighted by Gasteiger charge is 2.30. The third-order valence-corrected chi connectivity index (χ3v) is 8.21. The molecule has 3 aromatic rings. The van der Waals surface area contributed by atoms with Crippen molar-refractivity contribution in [3.8, 4) is 0 Å². The highest BCUT2D eigenvalue weighted by atomic mass is 79.9. The topological polar surface area (TPSA) is 72.0 Å². The van der Waals surface area contributed by atoms with Gasteiger partial charge in [0.2, 0.25) is 10.0 Å². The smallest absolute Gasteiger partial charge is 0.336 e. The van der Waals surface area contributed by atoms with Crippen molar-refractivity contribution in [1.82, 2.24) is 4.31 Å². The van der Waals surface area contributed by atoms with Crippen molar-refractivity contribution >= 4 is 36.9 Å².